The molecule has 19 heavy (non-hydrogen) atoms. The smallest absolute Gasteiger partial charge is 0.252 e. The maximum absolute atomic E-state index is 12.4. The van der Waals surface area contributed by atoms with Gasteiger partial charge in [0.25, 0.3) is 5.91 Å². The van der Waals surface area contributed by atoms with Crippen LogP contribution in [0.25, 0.3) is 0 Å². The van der Waals surface area contributed by atoms with Crippen LogP contribution in [0.4, 0.5) is 0 Å². The lowest BCUT2D eigenvalue weighted by molar-refractivity contribution is 0.0934. The monoisotopic (exact) mass is 262 g/mol. The van der Waals surface area contributed by atoms with Crippen molar-refractivity contribution in [3.63, 3.8) is 0 Å². The first-order chi connectivity index (χ1) is 8.99. The zero-order valence-corrected chi connectivity index (χ0v) is 12.5. The highest BCUT2D eigenvalue weighted by Crippen LogP contribution is 2.16. The van der Waals surface area contributed by atoms with Crippen molar-refractivity contribution in [1.29, 1.82) is 0 Å². The zero-order valence-electron chi connectivity index (χ0n) is 12.5. The van der Waals surface area contributed by atoms with Crippen molar-refractivity contribution in [3.05, 3.63) is 34.4 Å². The van der Waals surface area contributed by atoms with Gasteiger partial charge >= 0.3 is 0 Å². The Labute approximate surface area is 116 Å². The Balaban J connectivity index is 2.83. The Morgan fingerprint density at radius 1 is 1.26 bits per heavy atom. The molecule has 0 spiro atoms. The average molecular weight is 262 g/mol. The maximum atomic E-state index is 12.4. The highest BCUT2D eigenvalue weighted by Gasteiger charge is 2.16. The Bertz CT molecular complexity index is 417. The van der Waals surface area contributed by atoms with Crippen LogP contribution in [0.2, 0.25) is 0 Å². The van der Waals surface area contributed by atoms with Crippen molar-refractivity contribution in [2.24, 2.45) is 5.73 Å². The molecule has 1 aromatic rings. The molecule has 3 heteroatoms. The number of hydrogen-bond donors (Lipinski definition) is 2. The third-order valence-electron chi connectivity index (χ3n) is 3.43. The van der Waals surface area contributed by atoms with E-state index in [0.717, 1.165) is 36.0 Å². The lowest BCUT2D eigenvalue weighted by Crippen LogP contribution is -2.40. The Morgan fingerprint density at radius 2 is 1.84 bits per heavy atom. The Kier molecular flexibility index (Phi) is 6.03. The fourth-order valence-corrected chi connectivity index (χ4v) is 2.50. The number of hydrogen-bond acceptors (Lipinski definition) is 2. The van der Waals surface area contributed by atoms with Gasteiger partial charge in [-0.15, -0.1) is 0 Å². The molecule has 0 aliphatic carbocycles. The van der Waals surface area contributed by atoms with E-state index in [0.29, 0.717) is 6.54 Å². The normalized spacial score (nSPS) is 12.3. The van der Waals surface area contributed by atoms with Crippen LogP contribution in [0.1, 0.15) is 53.2 Å². The molecular weight excluding hydrogens is 236 g/mol. The Morgan fingerprint density at radius 3 is 2.32 bits per heavy atom. The van der Waals surface area contributed by atoms with Crippen LogP contribution in [-0.2, 0) is 0 Å². The third kappa shape index (κ3) is 4.35. The van der Waals surface area contributed by atoms with Gasteiger partial charge in [-0.1, -0.05) is 37.5 Å². The first kappa shape index (κ1) is 15.7. The maximum Gasteiger partial charge on any atom is 0.252 e. The van der Waals surface area contributed by atoms with E-state index < -0.39 is 0 Å². The molecule has 1 aromatic carbocycles. The van der Waals surface area contributed by atoms with Gasteiger partial charge in [-0.25, -0.2) is 0 Å². The van der Waals surface area contributed by atoms with E-state index in [1.807, 2.05) is 32.9 Å². The number of aryl methyl sites for hydroxylation is 3. The lowest BCUT2D eigenvalue weighted by atomic mass is 9.98. The second-order valence-electron chi connectivity index (χ2n) is 5.32. The number of carbonyl (C=O) groups excluding carboxylic acids is 1. The second-order valence-corrected chi connectivity index (χ2v) is 5.32. The quantitative estimate of drug-likeness (QED) is 0.828. The van der Waals surface area contributed by atoms with Gasteiger partial charge in [-0.3, -0.25) is 4.79 Å². The zero-order chi connectivity index (χ0) is 14.4. The largest absolute Gasteiger partial charge is 0.348 e. The third-order valence-corrected chi connectivity index (χ3v) is 3.43. The van der Waals surface area contributed by atoms with E-state index in [-0.39, 0.29) is 11.9 Å². The summed E-state index contributed by atoms with van der Waals surface area (Å²) in [5, 5.41) is 3.05. The number of rotatable bonds is 6. The van der Waals surface area contributed by atoms with Gasteiger partial charge in [0.05, 0.1) is 0 Å². The van der Waals surface area contributed by atoms with Crippen LogP contribution in [-0.4, -0.2) is 18.5 Å². The Hall–Kier alpha value is -1.35. The predicted octanol–water partition coefficient (Wildman–Crippen LogP) is 2.86. The van der Waals surface area contributed by atoms with Crippen LogP contribution in [0.15, 0.2) is 12.1 Å². The van der Waals surface area contributed by atoms with Crippen LogP contribution in [0.3, 0.4) is 0 Å². The van der Waals surface area contributed by atoms with Crippen molar-refractivity contribution >= 4 is 5.91 Å². The molecule has 1 rings (SSSR count). The van der Waals surface area contributed by atoms with E-state index >= 15 is 0 Å². The molecule has 1 atom stereocenters. The number of nitrogens with one attached hydrogen (secondary N) is 1. The first-order valence-electron chi connectivity index (χ1n) is 7.08. The van der Waals surface area contributed by atoms with Crippen LogP contribution < -0.4 is 11.1 Å². The molecule has 0 aliphatic heterocycles. The molecule has 0 aliphatic rings. The summed E-state index contributed by atoms with van der Waals surface area (Å²) in [4.78, 5) is 12.4. The summed E-state index contributed by atoms with van der Waals surface area (Å²) in [6.07, 6.45) is 3.16. The molecule has 0 saturated heterocycles. The molecule has 0 heterocycles. The van der Waals surface area contributed by atoms with E-state index in [1.54, 1.807) is 0 Å². The van der Waals surface area contributed by atoms with Crippen LogP contribution in [0, 0.1) is 20.8 Å². The predicted molar refractivity (Wildman–Crippen MR) is 80.5 cm³/mol. The summed E-state index contributed by atoms with van der Waals surface area (Å²) in [5.74, 6) is 0.00144. The molecule has 0 fully saturated rings. The van der Waals surface area contributed by atoms with Crippen molar-refractivity contribution in [1.82, 2.24) is 5.32 Å². The second kappa shape index (κ2) is 7.29. The SMILES string of the molecule is CCCCC(CN)NC(=O)c1c(C)cc(C)cc1C. The molecule has 0 saturated carbocycles. The topological polar surface area (TPSA) is 55.1 Å². The number of carbonyl (C=O) groups is 1. The van der Waals surface area contributed by atoms with Crippen molar-refractivity contribution < 1.29 is 4.79 Å². The van der Waals surface area contributed by atoms with Crippen molar-refractivity contribution in [3.8, 4) is 0 Å². The summed E-state index contributed by atoms with van der Waals surface area (Å²) in [6.45, 7) is 8.65. The summed E-state index contributed by atoms with van der Waals surface area (Å²) >= 11 is 0. The summed E-state index contributed by atoms with van der Waals surface area (Å²) in [5.41, 5.74) is 9.76. The van der Waals surface area contributed by atoms with Crippen molar-refractivity contribution in [2.45, 2.75) is 53.0 Å². The molecule has 1 unspecified atom stereocenters. The molecule has 106 valence electrons. The molecule has 1 amide bonds. The fraction of sp³-hybridized carbons (Fsp3) is 0.562. The van der Waals surface area contributed by atoms with Gasteiger partial charge in [0.1, 0.15) is 0 Å². The first-order valence-corrected chi connectivity index (χ1v) is 7.08. The van der Waals surface area contributed by atoms with E-state index in [9.17, 15) is 4.79 Å². The highest BCUT2D eigenvalue weighted by atomic mass is 16.1. The van der Waals surface area contributed by atoms with Gasteiger partial charge in [0.2, 0.25) is 0 Å². The standard InChI is InChI=1S/C16H26N2O/c1-5-6-7-14(10-17)18-16(19)15-12(3)8-11(2)9-13(15)4/h8-9,14H,5-7,10,17H2,1-4H3,(H,18,19). The van der Waals surface area contributed by atoms with Gasteiger partial charge < -0.3 is 11.1 Å². The van der Waals surface area contributed by atoms with Crippen molar-refractivity contribution in [2.75, 3.05) is 6.54 Å². The van der Waals surface area contributed by atoms with Gasteiger partial charge in [-0.2, -0.15) is 0 Å². The summed E-state index contributed by atoms with van der Waals surface area (Å²) in [6, 6.07) is 4.17. The van der Waals surface area contributed by atoms with Gasteiger partial charge in [-0.05, 0) is 38.3 Å². The lowest BCUT2D eigenvalue weighted by Gasteiger charge is -2.18. The van der Waals surface area contributed by atoms with Gasteiger partial charge in [0, 0.05) is 18.2 Å². The number of amides is 1. The average Bonchev–Trinajstić information content (AvgIpc) is 2.33. The number of benzene rings is 1. The summed E-state index contributed by atoms with van der Waals surface area (Å²) in [7, 11) is 0. The molecule has 0 bridgehead atoms. The van der Waals surface area contributed by atoms with Gasteiger partial charge in [0.15, 0.2) is 0 Å². The molecule has 3 N–H and O–H groups in total. The van der Waals surface area contributed by atoms with Crippen LogP contribution in [0.5, 0.6) is 0 Å². The van der Waals surface area contributed by atoms with Crippen LogP contribution >= 0.6 is 0 Å². The molecule has 0 radical (unpaired) electrons. The summed E-state index contributed by atoms with van der Waals surface area (Å²) < 4.78 is 0. The highest BCUT2D eigenvalue weighted by molar-refractivity contribution is 5.97. The number of nitrogens with two attached hydrogens (primary N) is 1. The van der Waals surface area contributed by atoms with E-state index in [2.05, 4.69) is 12.2 Å². The molecule has 3 nitrogen and oxygen atoms in total. The fourth-order valence-electron chi connectivity index (χ4n) is 2.50. The van der Waals surface area contributed by atoms with E-state index in [1.165, 1.54) is 5.56 Å². The minimum Gasteiger partial charge on any atom is -0.348 e. The molecular formula is C16H26N2O. The minimum absolute atomic E-state index is 0.00144. The molecule has 0 aromatic heterocycles. The number of unbranched alkanes of at least 4 members (excludes halogenated alkanes) is 1. The minimum atomic E-state index is 0.00144. The van der Waals surface area contributed by atoms with E-state index in [4.69, 9.17) is 5.73 Å².